The second-order valence-corrected chi connectivity index (χ2v) is 6.53. The molecule has 0 bridgehead atoms. The molecule has 0 N–H and O–H groups in total. The summed E-state index contributed by atoms with van der Waals surface area (Å²) >= 11 is 0. The van der Waals surface area contributed by atoms with Crippen molar-refractivity contribution < 1.29 is 12.8 Å². The lowest BCUT2D eigenvalue weighted by Crippen LogP contribution is -2.25. The van der Waals surface area contributed by atoms with Crippen molar-refractivity contribution in [3.63, 3.8) is 0 Å². The average Bonchev–Trinajstić information content (AvgIpc) is 3.08. The van der Waals surface area contributed by atoms with E-state index >= 15 is 0 Å². The fourth-order valence-corrected chi connectivity index (χ4v) is 3.21. The van der Waals surface area contributed by atoms with E-state index in [0.717, 1.165) is 11.8 Å². The fraction of sp³-hybridized carbons (Fsp3) is 0.214. The van der Waals surface area contributed by atoms with Gasteiger partial charge >= 0.3 is 0 Å². The predicted molar refractivity (Wildman–Crippen MR) is 75.7 cm³/mol. The van der Waals surface area contributed by atoms with E-state index in [1.54, 1.807) is 18.4 Å². The van der Waals surface area contributed by atoms with Gasteiger partial charge in [0.1, 0.15) is 11.5 Å². The minimum Gasteiger partial charge on any atom is -0.463 e. The monoisotopic (exact) mass is 290 g/mol. The van der Waals surface area contributed by atoms with Crippen LogP contribution < -0.4 is 0 Å². The Hall–Kier alpha value is -2.08. The van der Waals surface area contributed by atoms with E-state index in [2.05, 4.69) is 5.10 Å². The second kappa shape index (κ2) is 4.79. The number of hydrogen-bond acceptors (Lipinski definition) is 4. The number of benzene rings is 1. The molecule has 2 aromatic rings. The first kappa shape index (κ1) is 12.9. The molecule has 0 saturated heterocycles. The summed E-state index contributed by atoms with van der Waals surface area (Å²) in [5, 5.41) is 4.23. The van der Waals surface area contributed by atoms with Gasteiger partial charge < -0.3 is 4.42 Å². The Labute approximate surface area is 117 Å². The van der Waals surface area contributed by atoms with Gasteiger partial charge in [0, 0.05) is 6.42 Å². The summed E-state index contributed by atoms with van der Waals surface area (Å²) in [6.45, 7) is 0. The zero-order chi connectivity index (χ0) is 14.2. The maximum absolute atomic E-state index is 11.9. The third-order valence-electron chi connectivity index (χ3n) is 3.20. The summed E-state index contributed by atoms with van der Waals surface area (Å²) in [5.74, 6) is 0.608. The molecule has 0 spiro atoms. The Morgan fingerprint density at radius 1 is 1.20 bits per heavy atom. The van der Waals surface area contributed by atoms with Crippen LogP contribution in [0.3, 0.4) is 0 Å². The van der Waals surface area contributed by atoms with Crippen LogP contribution in [0.25, 0.3) is 0 Å². The molecule has 5 nitrogen and oxygen atoms in total. The molecular weight excluding hydrogens is 276 g/mol. The lowest BCUT2D eigenvalue weighted by atomic mass is 10.0. The highest BCUT2D eigenvalue weighted by molar-refractivity contribution is 7.88. The maximum Gasteiger partial charge on any atom is 0.247 e. The van der Waals surface area contributed by atoms with Crippen LogP contribution in [0.1, 0.15) is 23.8 Å². The van der Waals surface area contributed by atoms with E-state index in [1.807, 2.05) is 30.3 Å². The van der Waals surface area contributed by atoms with Crippen molar-refractivity contribution in [3.8, 4) is 0 Å². The third kappa shape index (κ3) is 2.34. The molecule has 0 amide bonds. The Bertz CT molecular complexity index is 721. The number of sulfonamides is 1. The molecule has 1 aromatic heterocycles. The predicted octanol–water partition coefficient (Wildman–Crippen LogP) is 2.39. The van der Waals surface area contributed by atoms with Crippen molar-refractivity contribution >= 4 is 15.7 Å². The van der Waals surface area contributed by atoms with Crippen molar-refractivity contribution in [2.45, 2.75) is 12.5 Å². The van der Waals surface area contributed by atoms with Gasteiger partial charge in [-0.3, -0.25) is 0 Å². The molecule has 0 aliphatic carbocycles. The van der Waals surface area contributed by atoms with Crippen molar-refractivity contribution in [1.82, 2.24) is 4.41 Å². The summed E-state index contributed by atoms with van der Waals surface area (Å²) in [6.07, 6.45) is 3.22. The average molecular weight is 290 g/mol. The first-order chi connectivity index (χ1) is 9.55. The topological polar surface area (TPSA) is 62.9 Å². The highest BCUT2D eigenvalue weighted by atomic mass is 32.2. The molecule has 1 aliphatic rings. The third-order valence-corrected chi connectivity index (χ3v) is 4.22. The SMILES string of the molecule is CS(=O)(=O)N1N=C(c2ccco2)C[C@H]1c1ccccc1. The molecule has 1 aromatic carbocycles. The lowest BCUT2D eigenvalue weighted by Gasteiger charge is -2.21. The second-order valence-electron chi connectivity index (χ2n) is 4.69. The Balaban J connectivity index is 2.01. The van der Waals surface area contributed by atoms with Gasteiger partial charge in [-0.1, -0.05) is 30.3 Å². The van der Waals surface area contributed by atoms with Crippen LogP contribution in [0.15, 0.2) is 58.2 Å². The quantitative estimate of drug-likeness (QED) is 0.872. The summed E-state index contributed by atoms with van der Waals surface area (Å²) in [4.78, 5) is 0. The Morgan fingerprint density at radius 2 is 1.95 bits per heavy atom. The highest BCUT2D eigenvalue weighted by Gasteiger charge is 2.35. The van der Waals surface area contributed by atoms with Crippen LogP contribution >= 0.6 is 0 Å². The molecule has 0 radical (unpaired) electrons. The fourth-order valence-electron chi connectivity index (χ4n) is 2.31. The number of hydrogen-bond donors (Lipinski definition) is 0. The molecular formula is C14H14N2O3S. The van der Waals surface area contributed by atoms with Crippen LogP contribution in [0, 0.1) is 0 Å². The normalized spacial score (nSPS) is 19.1. The van der Waals surface area contributed by atoms with Gasteiger partial charge in [-0.15, -0.1) is 0 Å². The number of nitrogens with zero attached hydrogens (tertiary/aromatic N) is 2. The van der Waals surface area contributed by atoms with Gasteiger partial charge in [0.15, 0.2) is 0 Å². The minimum absolute atomic E-state index is 0.314. The van der Waals surface area contributed by atoms with Crippen LogP contribution in [-0.4, -0.2) is 24.8 Å². The van der Waals surface area contributed by atoms with Crippen molar-refractivity contribution in [2.75, 3.05) is 6.26 Å². The lowest BCUT2D eigenvalue weighted by molar-refractivity contribution is 0.375. The minimum atomic E-state index is -3.42. The number of rotatable bonds is 3. The maximum atomic E-state index is 11.9. The smallest absolute Gasteiger partial charge is 0.247 e. The Morgan fingerprint density at radius 3 is 2.55 bits per heavy atom. The molecule has 6 heteroatoms. The van der Waals surface area contributed by atoms with Crippen molar-refractivity contribution in [3.05, 3.63) is 60.1 Å². The van der Waals surface area contributed by atoms with Gasteiger partial charge in [-0.05, 0) is 17.7 Å². The molecule has 104 valence electrons. The van der Waals surface area contributed by atoms with Crippen LogP contribution in [0.2, 0.25) is 0 Å². The summed E-state index contributed by atoms with van der Waals surface area (Å²) in [6, 6.07) is 12.7. The van der Waals surface area contributed by atoms with Crippen LogP contribution in [-0.2, 0) is 10.0 Å². The summed E-state index contributed by atoms with van der Waals surface area (Å²) < 4.78 is 30.3. The highest BCUT2D eigenvalue weighted by Crippen LogP contribution is 2.34. The molecule has 0 unspecified atom stereocenters. The first-order valence-corrected chi connectivity index (χ1v) is 8.06. The number of hydrazone groups is 1. The molecule has 20 heavy (non-hydrogen) atoms. The standard InChI is InChI=1S/C14H14N2O3S/c1-20(17,18)16-13(11-6-3-2-4-7-11)10-12(15-16)14-8-5-9-19-14/h2-9,13H,10H2,1H3/t13-/m0/s1. The van der Waals surface area contributed by atoms with Gasteiger partial charge in [-0.25, -0.2) is 8.42 Å². The van der Waals surface area contributed by atoms with Crippen LogP contribution in [0.4, 0.5) is 0 Å². The van der Waals surface area contributed by atoms with Gasteiger partial charge in [-0.2, -0.15) is 9.52 Å². The van der Waals surface area contributed by atoms with Gasteiger partial charge in [0.05, 0.1) is 18.6 Å². The largest absolute Gasteiger partial charge is 0.463 e. The first-order valence-electron chi connectivity index (χ1n) is 6.21. The van der Waals surface area contributed by atoms with Gasteiger partial charge in [0.25, 0.3) is 0 Å². The van der Waals surface area contributed by atoms with Crippen molar-refractivity contribution in [2.24, 2.45) is 5.10 Å². The zero-order valence-corrected chi connectivity index (χ0v) is 11.7. The van der Waals surface area contributed by atoms with E-state index in [0.29, 0.717) is 17.9 Å². The van der Waals surface area contributed by atoms with E-state index < -0.39 is 10.0 Å². The molecule has 3 rings (SSSR count). The molecule has 2 heterocycles. The summed E-state index contributed by atoms with van der Waals surface area (Å²) in [5.41, 5.74) is 1.57. The van der Waals surface area contributed by atoms with E-state index in [-0.39, 0.29) is 6.04 Å². The summed E-state index contributed by atoms with van der Waals surface area (Å²) in [7, 11) is -3.42. The molecule has 1 atom stereocenters. The van der Waals surface area contributed by atoms with E-state index in [1.165, 1.54) is 4.41 Å². The van der Waals surface area contributed by atoms with Crippen molar-refractivity contribution in [1.29, 1.82) is 0 Å². The molecule has 0 saturated carbocycles. The molecule has 1 aliphatic heterocycles. The van der Waals surface area contributed by atoms with E-state index in [9.17, 15) is 8.42 Å². The molecule has 0 fully saturated rings. The van der Waals surface area contributed by atoms with E-state index in [4.69, 9.17) is 4.42 Å². The number of furan rings is 1. The van der Waals surface area contributed by atoms with Crippen LogP contribution in [0.5, 0.6) is 0 Å². The van der Waals surface area contributed by atoms with Gasteiger partial charge in [0.2, 0.25) is 10.0 Å². The Kier molecular flexibility index (Phi) is 3.10. The zero-order valence-electron chi connectivity index (χ0n) is 10.9.